The second kappa shape index (κ2) is 4.47. The molecule has 0 radical (unpaired) electrons. The van der Waals surface area contributed by atoms with Gasteiger partial charge in [0, 0.05) is 6.07 Å². The quantitative estimate of drug-likeness (QED) is 0.720. The molecule has 0 atom stereocenters. The fraction of sp³-hybridized carbons (Fsp3) is 0.0909. The van der Waals surface area contributed by atoms with Crippen molar-refractivity contribution in [1.82, 2.24) is 24.5 Å². The number of ether oxygens (including phenoxy) is 1. The van der Waals surface area contributed by atoms with Gasteiger partial charge in [-0.2, -0.15) is 0 Å². The van der Waals surface area contributed by atoms with Crippen LogP contribution in [-0.2, 0) is 0 Å². The third kappa shape index (κ3) is 1.89. The third-order valence-electron chi connectivity index (χ3n) is 2.62. The van der Waals surface area contributed by atoms with Gasteiger partial charge in [-0.1, -0.05) is 0 Å². The van der Waals surface area contributed by atoms with Crippen molar-refractivity contribution in [1.29, 1.82) is 0 Å². The van der Waals surface area contributed by atoms with Crippen LogP contribution in [0.2, 0.25) is 0 Å². The van der Waals surface area contributed by atoms with Crippen molar-refractivity contribution >= 4 is 32.9 Å². The van der Waals surface area contributed by atoms with Crippen LogP contribution in [0.5, 0.6) is 5.88 Å². The molecule has 96 valence electrons. The SMILES string of the molecule is COc1ccc(-n2c(Br)nc3c(N)ncnc32)cn1. The minimum Gasteiger partial charge on any atom is -0.481 e. The lowest BCUT2D eigenvalue weighted by molar-refractivity contribution is 0.398. The smallest absolute Gasteiger partial charge is 0.213 e. The number of nitrogens with zero attached hydrogens (tertiary/aromatic N) is 5. The molecular weight excluding hydrogens is 312 g/mol. The number of imidazole rings is 1. The highest BCUT2D eigenvalue weighted by Crippen LogP contribution is 2.25. The van der Waals surface area contributed by atoms with Crippen molar-refractivity contribution in [3.05, 3.63) is 29.4 Å². The third-order valence-corrected chi connectivity index (χ3v) is 3.15. The van der Waals surface area contributed by atoms with E-state index in [4.69, 9.17) is 10.5 Å². The van der Waals surface area contributed by atoms with Gasteiger partial charge in [0.2, 0.25) is 5.88 Å². The number of anilines is 1. The highest BCUT2D eigenvalue weighted by atomic mass is 79.9. The van der Waals surface area contributed by atoms with Crippen LogP contribution in [0.1, 0.15) is 0 Å². The zero-order valence-corrected chi connectivity index (χ0v) is 11.5. The van der Waals surface area contributed by atoms with Crippen molar-refractivity contribution in [2.75, 3.05) is 12.8 Å². The summed E-state index contributed by atoms with van der Waals surface area (Å²) in [4.78, 5) is 16.6. The van der Waals surface area contributed by atoms with Crippen LogP contribution < -0.4 is 10.5 Å². The molecule has 3 aromatic heterocycles. The minimum absolute atomic E-state index is 0.339. The number of nitrogens with two attached hydrogens (primary N) is 1. The van der Waals surface area contributed by atoms with E-state index in [1.165, 1.54) is 6.33 Å². The van der Waals surface area contributed by atoms with Crippen molar-refractivity contribution in [3.63, 3.8) is 0 Å². The second-order valence-corrected chi connectivity index (χ2v) is 4.42. The zero-order valence-electron chi connectivity index (χ0n) is 9.91. The zero-order chi connectivity index (χ0) is 13.4. The Morgan fingerprint density at radius 1 is 1.26 bits per heavy atom. The Morgan fingerprint density at radius 3 is 2.79 bits per heavy atom. The summed E-state index contributed by atoms with van der Waals surface area (Å²) in [6.45, 7) is 0. The van der Waals surface area contributed by atoms with Crippen LogP contribution in [0.4, 0.5) is 5.82 Å². The molecular formula is C11H9BrN6O. The van der Waals surface area contributed by atoms with Gasteiger partial charge in [-0.05, 0) is 22.0 Å². The Hall–Kier alpha value is -2.22. The molecule has 0 fully saturated rings. The molecule has 0 spiro atoms. The van der Waals surface area contributed by atoms with E-state index in [1.807, 2.05) is 6.07 Å². The maximum Gasteiger partial charge on any atom is 0.213 e. The molecule has 0 aliphatic heterocycles. The average Bonchev–Trinajstić information content (AvgIpc) is 2.77. The lowest BCUT2D eigenvalue weighted by Gasteiger charge is -2.05. The van der Waals surface area contributed by atoms with Gasteiger partial charge in [-0.25, -0.2) is 19.9 Å². The van der Waals surface area contributed by atoms with E-state index in [0.717, 1.165) is 5.69 Å². The number of fused-ring (bicyclic) bond motifs is 1. The molecule has 2 N–H and O–H groups in total. The number of rotatable bonds is 2. The van der Waals surface area contributed by atoms with Crippen LogP contribution in [0, 0.1) is 0 Å². The molecule has 0 saturated carbocycles. The van der Waals surface area contributed by atoms with Gasteiger partial charge >= 0.3 is 0 Å². The lowest BCUT2D eigenvalue weighted by Crippen LogP contribution is -1.99. The molecule has 0 unspecified atom stereocenters. The van der Waals surface area contributed by atoms with Crippen molar-refractivity contribution in [3.8, 4) is 11.6 Å². The molecule has 0 bridgehead atoms. The molecule has 8 heteroatoms. The molecule has 0 aliphatic rings. The molecule has 3 aromatic rings. The summed E-state index contributed by atoms with van der Waals surface area (Å²) < 4.78 is 7.41. The summed E-state index contributed by atoms with van der Waals surface area (Å²) in [6.07, 6.45) is 3.07. The first-order valence-electron chi connectivity index (χ1n) is 5.35. The van der Waals surface area contributed by atoms with Gasteiger partial charge in [0.25, 0.3) is 0 Å². The standard InChI is InChI=1S/C11H9BrN6O/c1-19-7-3-2-6(4-14-7)18-10-8(17-11(18)12)9(13)15-5-16-10/h2-5H,1H3,(H2,13,15,16). The Labute approximate surface area is 116 Å². The van der Waals surface area contributed by atoms with Gasteiger partial charge in [0.1, 0.15) is 6.33 Å². The Kier molecular flexibility index (Phi) is 2.79. The number of nitrogen functional groups attached to an aromatic ring is 1. The summed E-state index contributed by atoms with van der Waals surface area (Å²) in [5, 5.41) is 0. The largest absolute Gasteiger partial charge is 0.481 e. The number of aromatic nitrogens is 5. The maximum atomic E-state index is 5.78. The first-order valence-corrected chi connectivity index (χ1v) is 6.15. The number of hydrogen-bond acceptors (Lipinski definition) is 6. The van der Waals surface area contributed by atoms with Gasteiger partial charge < -0.3 is 10.5 Å². The Balaban J connectivity index is 2.23. The van der Waals surface area contributed by atoms with Crippen LogP contribution in [-0.4, -0.2) is 31.6 Å². The molecule has 0 saturated heterocycles. The predicted octanol–water partition coefficient (Wildman–Crippen LogP) is 1.56. The molecule has 3 heterocycles. The van der Waals surface area contributed by atoms with E-state index >= 15 is 0 Å². The van der Waals surface area contributed by atoms with Gasteiger partial charge in [0.05, 0.1) is 19.0 Å². The molecule has 19 heavy (non-hydrogen) atoms. The maximum absolute atomic E-state index is 5.78. The van der Waals surface area contributed by atoms with Crippen LogP contribution in [0.15, 0.2) is 29.4 Å². The molecule has 7 nitrogen and oxygen atoms in total. The Bertz CT molecular complexity index is 739. The average molecular weight is 321 g/mol. The van der Waals surface area contributed by atoms with Crippen molar-refractivity contribution in [2.24, 2.45) is 0 Å². The molecule has 0 aliphatic carbocycles. The number of halogens is 1. The van der Waals surface area contributed by atoms with E-state index in [2.05, 4.69) is 35.9 Å². The van der Waals surface area contributed by atoms with E-state index in [1.54, 1.807) is 23.9 Å². The normalized spacial score (nSPS) is 10.8. The summed E-state index contributed by atoms with van der Waals surface area (Å²) >= 11 is 3.39. The topological polar surface area (TPSA) is 91.7 Å². The van der Waals surface area contributed by atoms with Crippen molar-refractivity contribution in [2.45, 2.75) is 0 Å². The van der Waals surface area contributed by atoms with E-state index in [0.29, 0.717) is 27.6 Å². The fourth-order valence-corrected chi connectivity index (χ4v) is 2.29. The van der Waals surface area contributed by atoms with Crippen molar-refractivity contribution < 1.29 is 4.74 Å². The van der Waals surface area contributed by atoms with Gasteiger partial charge in [0.15, 0.2) is 21.7 Å². The lowest BCUT2D eigenvalue weighted by atomic mass is 10.4. The van der Waals surface area contributed by atoms with Gasteiger partial charge in [-0.3, -0.25) is 4.57 Å². The number of methoxy groups -OCH3 is 1. The highest BCUT2D eigenvalue weighted by molar-refractivity contribution is 9.10. The van der Waals surface area contributed by atoms with E-state index < -0.39 is 0 Å². The summed E-state index contributed by atoms with van der Waals surface area (Å²) in [5.74, 6) is 0.879. The monoisotopic (exact) mass is 320 g/mol. The molecule has 0 aromatic carbocycles. The van der Waals surface area contributed by atoms with Crippen LogP contribution in [0.3, 0.4) is 0 Å². The fourth-order valence-electron chi connectivity index (χ4n) is 1.74. The molecule has 0 amide bonds. The summed E-state index contributed by atoms with van der Waals surface area (Å²) in [6, 6.07) is 3.62. The number of hydrogen-bond donors (Lipinski definition) is 1. The first-order chi connectivity index (χ1) is 9.20. The Morgan fingerprint density at radius 2 is 2.11 bits per heavy atom. The first kappa shape index (κ1) is 11.8. The minimum atomic E-state index is 0.339. The second-order valence-electron chi connectivity index (χ2n) is 3.71. The number of pyridine rings is 1. The van der Waals surface area contributed by atoms with E-state index in [-0.39, 0.29) is 0 Å². The molecule has 3 rings (SSSR count). The summed E-state index contributed by atoms with van der Waals surface area (Å²) in [5.41, 5.74) is 7.74. The highest BCUT2D eigenvalue weighted by Gasteiger charge is 2.14. The van der Waals surface area contributed by atoms with Gasteiger partial charge in [-0.15, -0.1) is 0 Å². The predicted molar refractivity (Wildman–Crippen MR) is 73.1 cm³/mol. The van der Waals surface area contributed by atoms with Crippen LogP contribution in [0.25, 0.3) is 16.9 Å². The summed E-state index contributed by atoms with van der Waals surface area (Å²) in [7, 11) is 1.57. The van der Waals surface area contributed by atoms with Crippen LogP contribution >= 0.6 is 15.9 Å². The van der Waals surface area contributed by atoms with E-state index in [9.17, 15) is 0 Å².